The van der Waals surface area contributed by atoms with Crippen LogP contribution in [0.2, 0.25) is 0 Å². The number of hydrogen-bond acceptors (Lipinski definition) is 5. The number of fused-ring (bicyclic) bond motifs is 1. The summed E-state index contributed by atoms with van der Waals surface area (Å²) in [5.41, 5.74) is 4.51. The average molecular weight is 404 g/mol. The number of hydrogen-bond donors (Lipinski definition) is 1. The highest BCUT2D eigenvalue weighted by molar-refractivity contribution is 5.84. The Bertz CT molecular complexity index is 1250. The summed E-state index contributed by atoms with van der Waals surface area (Å²) in [5, 5.41) is 8.59. The van der Waals surface area contributed by atoms with E-state index >= 15 is 0 Å². The maximum atomic E-state index is 12.2. The van der Waals surface area contributed by atoms with E-state index in [-0.39, 0.29) is 5.56 Å². The molecule has 0 saturated heterocycles. The van der Waals surface area contributed by atoms with Crippen molar-refractivity contribution >= 4 is 16.6 Å². The molecule has 0 spiro atoms. The van der Waals surface area contributed by atoms with Crippen molar-refractivity contribution in [3.05, 3.63) is 70.8 Å². The summed E-state index contributed by atoms with van der Waals surface area (Å²) in [6.07, 6.45) is 3.70. The average Bonchev–Trinajstić information content (AvgIpc) is 3.17. The molecular formula is C23H24N4O3. The van der Waals surface area contributed by atoms with Crippen LogP contribution in [0, 0.1) is 0 Å². The van der Waals surface area contributed by atoms with Crippen molar-refractivity contribution in [3.8, 4) is 22.6 Å². The quantitative estimate of drug-likeness (QED) is 0.533. The Kier molecular flexibility index (Phi) is 5.18. The molecule has 2 aromatic heterocycles. The molecule has 154 valence electrons. The van der Waals surface area contributed by atoms with E-state index in [2.05, 4.69) is 16.5 Å². The summed E-state index contributed by atoms with van der Waals surface area (Å²) in [7, 11) is 6.79. The third kappa shape index (κ3) is 3.61. The third-order valence-corrected chi connectivity index (χ3v) is 5.17. The number of anilines is 1. The number of ether oxygens (including phenoxy) is 2. The minimum absolute atomic E-state index is 0.0562. The van der Waals surface area contributed by atoms with Gasteiger partial charge in [0.15, 0.2) is 0 Å². The molecule has 0 radical (unpaired) electrons. The predicted octanol–water partition coefficient (Wildman–Crippen LogP) is 3.51. The normalized spacial score (nSPS) is 10.9. The zero-order valence-electron chi connectivity index (χ0n) is 17.5. The van der Waals surface area contributed by atoms with Crippen molar-refractivity contribution in [3.63, 3.8) is 0 Å². The Hall–Kier alpha value is -3.74. The topological polar surface area (TPSA) is 70.3 Å². The second kappa shape index (κ2) is 7.94. The summed E-state index contributed by atoms with van der Waals surface area (Å²) in [6, 6.07) is 13.9. The van der Waals surface area contributed by atoms with Crippen LogP contribution in [0.15, 0.2) is 59.7 Å². The van der Waals surface area contributed by atoms with Crippen molar-refractivity contribution in [2.75, 3.05) is 26.6 Å². The molecule has 0 saturated carbocycles. The highest BCUT2D eigenvalue weighted by Crippen LogP contribution is 2.27. The van der Waals surface area contributed by atoms with E-state index in [0.29, 0.717) is 12.2 Å². The highest BCUT2D eigenvalue weighted by atomic mass is 16.5. The monoisotopic (exact) mass is 404 g/mol. The fraction of sp³-hybridized carbons (Fsp3) is 0.217. The Balaban J connectivity index is 1.76. The first-order valence-corrected chi connectivity index (χ1v) is 9.58. The van der Waals surface area contributed by atoms with Crippen LogP contribution in [0.5, 0.6) is 11.5 Å². The van der Waals surface area contributed by atoms with Crippen molar-refractivity contribution in [2.45, 2.75) is 6.54 Å². The zero-order valence-corrected chi connectivity index (χ0v) is 17.5. The standard InChI is InChI=1S/C23H24N4O3/c1-24-21-9-18(14-26(2)23(21)28)16-5-6-17-12-25-27(22(17)10-16)13-15-7-19(29-3)11-20(8-15)30-4/h5-12,14,24H,13H2,1-4H3. The number of pyridine rings is 1. The van der Waals surface area contributed by atoms with Gasteiger partial charge in [0.25, 0.3) is 5.56 Å². The minimum Gasteiger partial charge on any atom is -0.497 e. The lowest BCUT2D eigenvalue weighted by Gasteiger charge is -2.11. The van der Waals surface area contributed by atoms with Gasteiger partial charge in [-0.05, 0) is 35.4 Å². The van der Waals surface area contributed by atoms with Crippen LogP contribution in [0.1, 0.15) is 5.56 Å². The van der Waals surface area contributed by atoms with Gasteiger partial charge in [0.2, 0.25) is 0 Å². The Labute approximate surface area is 174 Å². The summed E-state index contributed by atoms with van der Waals surface area (Å²) >= 11 is 0. The molecule has 4 rings (SSSR count). The number of methoxy groups -OCH3 is 2. The van der Waals surface area contributed by atoms with E-state index < -0.39 is 0 Å². The van der Waals surface area contributed by atoms with Gasteiger partial charge in [-0.3, -0.25) is 9.48 Å². The molecule has 2 aromatic carbocycles. The maximum Gasteiger partial charge on any atom is 0.273 e. The Morgan fingerprint density at radius 1 is 1.00 bits per heavy atom. The Morgan fingerprint density at radius 2 is 1.73 bits per heavy atom. The highest BCUT2D eigenvalue weighted by Gasteiger charge is 2.10. The number of benzene rings is 2. The fourth-order valence-corrected chi connectivity index (χ4v) is 3.56. The first kappa shape index (κ1) is 19.6. The smallest absolute Gasteiger partial charge is 0.273 e. The van der Waals surface area contributed by atoms with Crippen LogP contribution in [0.25, 0.3) is 22.0 Å². The summed E-state index contributed by atoms with van der Waals surface area (Å²) in [4.78, 5) is 12.2. The van der Waals surface area contributed by atoms with E-state index in [1.165, 1.54) is 0 Å². The third-order valence-electron chi connectivity index (χ3n) is 5.17. The zero-order chi connectivity index (χ0) is 21.3. The second-order valence-electron chi connectivity index (χ2n) is 7.11. The van der Waals surface area contributed by atoms with Crippen LogP contribution in [0.3, 0.4) is 0 Å². The molecule has 0 unspecified atom stereocenters. The molecule has 7 heteroatoms. The summed E-state index contributed by atoms with van der Waals surface area (Å²) < 4.78 is 14.3. The molecule has 0 aliphatic carbocycles. The maximum absolute atomic E-state index is 12.2. The molecule has 4 aromatic rings. The predicted molar refractivity (Wildman–Crippen MR) is 119 cm³/mol. The summed E-state index contributed by atoms with van der Waals surface area (Å²) in [6.45, 7) is 0.579. The lowest BCUT2D eigenvalue weighted by Crippen LogP contribution is -2.19. The first-order chi connectivity index (χ1) is 14.5. The van der Waals surface area contributed by atoms with Gasteiger partial charge in [-0.15, -0.1) is 0 Å². The van der Waals surface area contributed by atoms with Gasteiger partial charge in [-0.1, -0.05) is 12.1 Å². The first-order valence-electron chi connectivity index (χ1n) is 9.58. The lowest BCUT2D eigenvalue weighted by molar-refractivity contribution is 0.393. The van der Waals surface area contributed by atoms with Crippen LogP contribution < -0.4 is 20.3 Å². The molecule has 7 nitrogen and oxygen atoms in total. The van der Waals surface area contributed by atoms with Crippen LogP contribution in [-0.4, -0.2) is 35.6 Å². The number of nitrogens with zero attached hydrogens (tertiary/aromatic N) is 3. The molecule has 0 bridgehead atoms. The summed E-state index contributed by atoms with van der Waals surface area (Å²) in [5.74, 6) is 1.48. The lowest BCUT2D eigenvalue weighted by atomic mass is 10.1. The molecule has 0 amide bonds. The molecule has 2 heterocycles. The SMILES string of the molecule is CNc1cc(-c2ccc3cnn(Cc4cc(OC)cc(OC)c4)c3c2)cn(C)c1=O. The van der Waals surface area contributed by atoms with Gasteiger partial charge in [0.05, 0.1) is 32.5 Å². The molecule has 0 atom stereocenters. The molecule has 0 fully saturated rings. The number of aromatic nitrogens is 3. The molecule has 0 aliphatic rings. The van der Waals surface area contributed by atoms with Gasteiger partial charge < -0.3 is 19.4 Å². The van der Waals surface area contributed by atoms with E-state index in [4.69, 9.17) is 9.47 Å². The van der Waals surface area contributed by atoms with Gasteiger partial charge >= 0.3 is 0 Å². The van der Waals surface area contributed by atoms with Crippen molar-refractivity contribution in [2.24, 2.45) is 7.05 Å². The van der Waals surface area contributed by atoms with Gasteiger partial charge in [-0.25, -0.2) is 0 Å². The molecule has 1 N–H and O–H groups in total. The van der Waals surface area contributed by atoms with Crippen molar-refractivity contribution in [1.29, 1.82) is 0 Å². The number of rotatable bonds is 6. The van der Waals surface area contributed by atoms with Gasteiger partial charge in [-0.2, -0.15) is 5.10 Å². The molecule has 30 heavy (non-hydrogen) atoms. The van der Waals surface area contributed by atoms with E-state index in [9.17, 15) is 4.79 Å². The van der Waals surface area contributed by atoms with Gasteiger partial charge in [0.1, 0.15) is 17.2 Å². The number of nitrogens with one attached hydrogen (secondary N) is 1. The fourth-order valence-electron chi connectivity index (χ4n) is 3.56. The molecular weight excluding hydrogens is 380 g/mol. The van der Waals surface area contributed by atoms with Crippen LogP contribution in [-0.2, 0) is 13.6 Å². The largest absolute Gasteiger partial charge is 0.497 e. The van der Waals surface area contributed by atoms with Gasteiger partial charge in [0, 0.05) is 37.3 Å². The van der Waals surface area contributed by atoms with E-state index in [0.717, 1.165) is 39.1 Å². The van der Waals surface area contributed by atoms with E-state index in [1.54, 1.807) is 32.9 Å². The Morgan fingerprint density at radius 3 is 2.40 bits per heavy atom. The second-order valence-corrected chi connectivity index (χ2v) is 7.11. The van der Waals surface area contributed by atoms with Crippen molar-refractivity contribution < 1.29 is 9.47 Å². The number of aryl methyl sites for hydroxylation is 1. The van der Waals surface area contributed by atoms with Crippen LogP contribution in [0.4, 0.5) is 5.69 Å². The van der Waals surface area contributed by atoms with Crippen LogP contribution >= 0.6 is 0 Å². The minimum atomic E-state index is -0.0562. The van der Waals surface area contributed by atoms with Crippen molar-refractivity contribution in [1.82, 2.24) is 14.3 Å². The molecule has 0 aliphatic heterocycles. The van der Waals surface area contributed by atoms with E-state index in [1.807, 2.05) is 53.5 Å².